The van der Waals surface area contributed by atoms with Gasteiger partial charge in [-0.25, -0.2) is 4.98 Å². The molecule has 0 bridgehead atoms. The van der Waals surface area contributed by atoms with Crippen LogP contribution in [-0.4, -0.2) is 15.0 Å². The van der Waals surface area contributed by atoms with Crippen LogP contribution in [0.15, 0.2) is 72.3 Å². The molecule has 0 aliphatic rings. The van der Waals surface area contributed by atoms with E-state index in [-0.39, 0.29) is 6.04 Å². The highest BCUT2D eigenvalue weighted by atomic mass is 32.2. The molecule has 2 aromatic heterocycles. The Hall–Kier alpha value is -2.40. The molecule has 0 saturated carbocycles. The average Bonchev–Trinajstić information content (AvgIpc) is 2.66. The van der Waals surface area contributed by atoms with Crippen molar-refractivity contribution in [2.75, 3.05) is 5.32 Å². The van der Waals surface area contributed by atoms with Gasteiger partial charge in [0.2, 0.25) is 0 Å². The maximum absolute atomic E-state index is 4.67. The summed E-state index contributed by atoms with van der Waals surface area (Å²) in [4.78, 5) is 13.1. The highest BCUT2D eigenvalue weighted by Crippen LogP contribution is 2.24. The lowest BCUT2D eigenvalue weighted by molar-refractivity contribution is 0.739. The van der Waals surface area contributed by atoms with Crippen LogP contribution in [0.1, 0.15) is 30.5 Å². The van der Waals surface area contributed by atoms with Crippen molar-refractivity contribution in [1.82, 2.24) is 15.0 Å². The number of hydrogen-bond donors (Lipinski definition) is 1. The number of hydrogen-bond acceptors (Lipinski definition) is 5. The van der Waals surface area contributed by atoms with Crippen LogP contribution < -0.4 is 5.32 Å². The Morgan fingerprint density at radius 2 is 1.79 bits per heavy atom. The zero-order valence-electron chi connectivity index (χ0n) is 13.6. The molecule has 2 heterocycles. The van der Waals surface area contributed by atoms with Gasteiger partial charge >= 0.3 is 0 Å². The van der Waals surface area contributed by atoms with E-state index in [1.54, 1.807) is 18.0 Å². The van der Waals surface area contributed by atoms with Crippen LogP contribution in [0.2, 0.25) is 0 Å². The van der Waals surface area contributed by atoms with Gasteiger partial charge in [-0.3, -0.25) is 9.97 Å². The second-order valence-electron chi connectivity index (χ2n) is 5.40. The van der Waals surface area contributed by atoms with Crippen molar-refractivity contribution in [3.05, 3.63) is 78.4 Å². The van der Waals surface area contributed by atoms with E-state index in [9.17, 15) is 0 Å². The quantitative estimate of drug-likeness (QED) is 0.632. The highest BCUT2D eigenvalue weighted by molar-refractivity contribution is 7.98. The molecule has 0 radical (unpaired) electrons. The first kappa shape index (κ1) is 16.5. The summed E-state index contributed by atoms with van der Waals surface area (Å²) in [5.74, 6) is 1.69. The van der Waals surface area contributed by atoms with E-state index in [2.05, 4.69) is 51.5 Å². The van der Waals surface area contributed by atoms with Gasteiger partial charge in [-0.15, -0.1) is 11.8 Å². The smallest absolute Gasteiger partial charge is 0.146 e. The molecule has 3 rings (SSSR count). The maximum Gasteiger partial charge on any atom is 0.146 e. The molecule has 1 N–H and O–H groups in total. The van der Waals surface area contributed by atoms with Gasteiger partial charge in [0.05, 0.1) is 18.4 Å². The van der Waals surface area contributed by atoms with Gasteiger partial charge in [0.1, 0.15) is 10.8 Å². The van der Waals surface area contributed by atoms with Crippen molar-refractivity contribution >= 4 is 17.6 Å². The van der Waals surface area contributed by atoms with E-state index in [1.165, 1.54) is 11.1 Å². The van der Waals surface area contributed by atoms with Crippen LogP contribution in [0.4, 0.5) is 5.82 Å². The van der Waals surface area contributed by atoms with E-state index in [0.717, 1.165) is 23.0 Å². The number of nitrogens with one attached hydrogen (secondary N) is 1. The molecule has 0 spiro atoms. The van der Waals surface area contributed by atoms with Gasteiger partial charge in [-0.2, -0.15) is 0 Å². The number of rotatable bonds is 7. The van der Waals surface area contributed by atoms with Crippen LogP contribution in [-0.2, 0) is 5.75 Å². The third-order valence-corrected chi connectivity index (χ3v) is 4.65. The van der Waals surface area contributed by atoms with E-state index in [4.69, 9.17) is 0 Å². The molecule has 0 aliphatic heterocycles. The van der Waals surface area contributed by atoms with E-state index >= 15 is 0 Å². The molecule has 0 saturated heterocycles. The minimum Gasteiger partial charge on any atom is -0.362 e. The molecule has 1 unspecified atom stereocenters. The number of benzene rings is 1. The molecule has 122 valence electrons. The fraction of sp³-hybridized carbons (Fsp3) is 0.211. The summed E-state index contributed by atoms with van der Waals surface area (Å²) < 4.78 is 0. The van der Waals surface area contributed by atoms with Crippen molar-refractivity contribution in [3.63, 3.8) is 0 Å². The van der Waals surface area contributed by atoms with Gasteiger partial charge in [0.15, 0.2) is 0 Å². The standard InChI is InChI=1S/C19H20N4S/c1-2-17(16-8-10-20-11-9-16)22-18-12-21-13-19(23-18)24-14-15-6-4-3-5-7-15/h3-13,17H,2,14H2,1H3,(H,22,23). The number of nitrogens with zero attached hydrogens (tertiary/aromatic N) is 3. The van der Waals surface area contributed by atoms with Crippen molar-refractivity contribution in [2.45, 2.75) is 30.2 Å². The monoisotopic (exact) mass is 336 g/mol. The highest BCUT2D eigenvalue weighted by Gasteiger charge is 2.10. The predicted octanol–water partition coefficient (Wildman–Crippen LogP) is 4.73. The predicted molar refractivity (Wildman–Crippen MR) is 98.9 cm³/mol. The molecular weight excluding hydrogens is 316 g/mol. The first-order valence-electron chi connectivity index (χ1n) is 8.00. The summed E-state index contributed by atoms with van der Waals surface area (Å²) in [5, 5.41) is 4.39. The summed E-state index contributed by atoms with van der Waals surface area (Å²) in [5.41, 5.74) is 2.49. The van der Waals surface area contributed by atoms with Gasteiger partial charge in [-0.1, -0.05) is 37.3 Å². The van der Waals surface area contributed by atoms with Crippen molar-refractivity contribution in [2.24, 2.45) is 0 Å². The Kier molecular flexibility index (Phi) is 5.80. The van der Waals surface area contributed by atoms with E-state index < -0.39 is 0 Å². The fourth-order valence-electron chi connectivity index (χ4n) is 2.41. The molecule has 0 fully saturated rings. The van der Waals surface area contributed by atoms with Crippen molar-refractivity contribution in [1.29, 1.82) is 0 Å². The molecule has 1 atom stereocenters. The summed E-state index contributed by atoms with van der Waals surface area (Å²) in [7, 11) is 0. The molecule has 0 aliphatic carbocycles. The van der Waals surface area contributed by atoms with Crippen LogP contribution in [0, 0.1) is 0 Å². The number of anilines is 1. The Bertz CT molecular complexity index is 750. The minimum atomic E-state index is 0.205. The van der Waals surface area contributed by atoms with Crippen molar-refractivity contribution < 1.29 is 0 Å². The third-order valence-electron chi connectivity index (χ3n) is 3.68. The lowest BCUT2D eigenvalue weighted by atomic mass is 10.1. The summed E-state index contributed by atoms with van der Waals surface area (Å²) in [6, 6.07) is 14.7. The molecule has 1 aromatic carbocycles. The Morgan fingerprint density at radius 3 is 2.54 bits per heavy atom. The van der Waals surface area contributed by atoms with Crippen LogP contribution in [0.3, 0.4) is 0 Å². The molecule has 5 heteroatoms. The SMILES string of the molecule is CCC(Nc1cncc(SCc2ccccc2)n1)c1ccncc1. The molecule has 24 heavy (non-hydrogen) atoms. The zero-order chi connectivity index (χ0) is 16.6. The van der Waals surface area contributed by atoms with E-state index in [1.807, 2.05) is 36.8 Å². The second-order valence-corrected chi connectivity index (χ2v) is 6.40. The van der Waals surface area contributed by atoms with Gasteiger partial charge in [0.25, 0.3) is 0 Å². The van der Waals surface area contributed by atoms with Crippen LogP contribution in [0.5, 0.6) is 0 Å². The topological polar surface area (TPSA) is 50.7 Å². The number of aromatic nitrogens is 3. The summed E-state index contributed by atoms with van der Waals surface area (Å²) >= 11 is 1.69. The Labute approximate surface area is 146 Å². The zero-order valence-corrected chi connectivity index (χ0v) is 14.4. The third kappa shape index (κ3) is 4.55. The van der Waals surface area contributed by atoms with Gasteiger partial charge < -0.3 is 5.32 Å². The first-order chi connectivity index (χ1) is 11.8. The van der Waals surface area contributed by atoms with Crippen LogP contribution in [0.25, 0.3) is 0 Å². The molecular formula is C19H20N4S. The largest absolute Gasteiger partial charge is 0.362 e. The van der Waals surface area contributed by atoms with Gasteiger partial charge in [0, 0.05) is 18.1 Å². The lowest BCUT2D eigenvalue weighted by Gasteiger charge is -2.17. The lowest BCUT2D eigenvalue weighted by Crippen LogP contribution is -2.11. The van der Waals surface area contributed by atoms with Gasteiger partial charge in [-0.05, 0) is 29.7 Å². The second kappa shape index (κ2) is 8.45. The maximum atomic E-state index is 4.67. The van der Waals surface area contributed by atoms with Crippen LogP contribution >= 0.6 is 11.8 Å². The molecule has 0 amide bonds. The van der Waals surface area contributed by atoms with E-state index in [0.29, 0.717) is 0 Å². The molecule has 4 nitrogen and oxygen atoms in total. The summed E-state index contributed by atoms with van der Waals surface area (Å²) in [6.45, 7) is 2.15. The minimum absolute atomic E-state index is 0.205. The Balaban J connectivity index is 1.66. The summed E-state index contributed by atoms with van der Waals surface area (Å²) in [6.07, 6.45) is 8.19. The first-order valence-corrected chi connectivity index (χ1v) is 8.99. The normalized spacial score (nSPS) is 11.9. The van der Waals surface area contributed by atoms with Crippen molar-refractivity contribution in [3.8, 4) is 0 Å². The molecule has 3 aromatic rings. The Morgan fingerprint density at radius 1 is 1.00 bits per heavy atom. The fourth-order valence-corrected chi connectivity index (χ4v) is 3.22. The number of thioether (sulfide) groups is 1. The number of pyridine rings is 1. The average molecular weight is 336 g/mol.